The second kappa shape index (κ2) is 6.00. The summed E-state index contributed by atoms with van der Waals surface area (Å²) < 4.78 is 5.88. The molecule has 4 aromatic rings. The second-order valence-electron chi connectivity index (χ2n) is 5.98. The van der Waals surface area contributed by atoms with Gasteiger partial charge in [-0.2, -0.15) is 0 Å². The molecule has 0 saturated carbocycles. The molecule has 0 atom stereocenters. The van der Waals surface area contributed by atoms with E-state index in [1.807, 2.05) is 43.3 Å². The molecule has 6 nitrogen and oxygen atoms in total. The first-order valence-corrected chi connectivity index (χ1v) is 8.01. The van der Waals surface area contributed by atoms with E-state index >= 15 is 0 Å². The lowest BCUT2D eigenvalue weighted by atomic mass is 10.1. The average molecular weight is 346 g/mol. The first kappa shape index (κ1) is 15.8. The number of anilines is 1. The maximum Gasteiger partial charge on any atom is 0.291 e. The number of rotatable bonds is 3. The van der Waals surface area contributed by atoms with E-state index < -0.39 is 10.8 Å². The first-order chi connectivity index (χ1) is 12.5. The molecule has 0 saturated heterocycles. The van der Waals surface area contributed by atoms with Crippen molar-refractivity contribution in [3.8, 4) is 0 Å². The van der Waals surface area contributed by atoms with Crippen LogP contribution in [0.4, 0.5) is 11.4 Å². The van der Waals surface area contributed by atoms with Gasteiger partial charge in [0.15, 0.2) is 5.76 Å². The Morgan fingerprint density at radius 1 is 1.04 bits per heavy atom. The van der Waals surface area contributed by atoms with Crippen LogP contribution in [0.1, 0.15) is 16.1 Å². The molecule has 1 amide bonds. The number of nitro benzene ring substituents is 1. The molecular weight excluding hydrogens is 332 g/mol. The Balaban J connectivity index is 1.75. The highest BCUT2D eigenvalue weighted by atomic mass is 16.6. The smallest absolute Gasteiger partial charge is 0.291 e. The predicted octanol–water partition coefficient (Wildman–Crippen LogP) is 5.05. The number of carbonyl (C=O) groups is 1. The molecule has 6 heteroatoms. The van der Waals surface area contributed by atoms with Gasteiger partial charge >= 0.3 is 0 Å². The van der Waals surface area contributed by atoms with Crippen molar-refractivity contribution in [2.75, 3.05) is 5.32 Å². The highest BCUT2D eigenvalue weighted by molar-refractivity contribution is 6.11. The van der Waals surface area contributed by atoms with E-state index in [1.54, 1.807) is 6.07 Å². The SMILES string of the molecule is Cc1c(C(=O)Nc2cccc([N+](=O)[O-])c2)oc2c1ccc1ccccc12. The van der Waals surface area contributed by atoms with Gasteiger partial charge in [-0.1, -0.05) is 42.5 Å². The number of nitrogens with one attached hydrogen (secondary N) is 1. The predicted molar refractivity (Wildman–Crippen MR) is 99.5 cm³/mol. The molecule has 1 heterocycles. The molecule has 0 spiro atoms. The van der Waals surface area contributed by atoms with Gasteiger partial charge in [0, 0.05) is 34.2 Å². The van der Waals surface area contributed by atoms with Gasteiger partial charge in [-0.3, -0.25) is 14.9 Å². The van der Waals surface area contributed by atoms with Gasteiger partial charge < -0.3 is 9.73 Å². The van der Waals surface area contributed by atoms with Crippen molar-refractivity contribution in [3.63, 3.8) is 0 Å². The molecule has 4 rings (SSSR count). The normalized spacial score (nSPS) is 11.0. The Morgan fingerprint density at radius 2 is 1.85 bits per heavy atom. The van der Waals surface area contributed by atoms with Crippen molar-refractivity contribution < 1.29 is 14.1 Å². The maximum absolute atomic E-state index is 12.6. The molecular formula is C20H14N2O4. The van der Waals surface area contributed by atoms with Gasteiger partial charge in [-0.25, -0.2) is 0 Å². The molecule has 0 fully saturated rings. The molecule has 1 aromatic heterocycles. The van der Waals surface area contributed by atoms with Crippen molar-refractivity contribution in [1.29, 1.82) is 0 Å². The standard InChI is InChI=1S/C20H14N2O4/c1-12-16-10-9-13-5-2-3-8-17(13)19(16)26-18(12)20(23)21-14-6-4-7-15(11-14)22(24)25/h2-11H,1H3,(H,21,23). The summed E-state index contributed by atoms with van der Waals surface area (Å²) >= 11 is 0. The Kier molecular flexibility index (Phi) is 3.65. The monoisotopic (exact) mass is 346 g/mol. The summed E-state index contributed by atoms with van der Waals surface area (Å²) in [5.41, 5.74) is 1.64. The fourth-order valence-electron chi connectivity index (χ4n) is 3.05. The Labute approximate surface area is 148 Å². The number of aryl methyl sites for hydroxylation is 1. The van der Waals surface area contributed by atoms with E-state index in [0.29, 0.717) is 11.3 Å². The fraction of sp³-hybridized carbons (Fsp3) is 0.0500. The number of non-ortho nitro benzene ring substituents is 1. The number of hydrogen-bond donors (Lipinski definition) is 1. The van der Waals surface area contributed by atoms with Crippen LogP contribution < -0.4 is 5.32 Å². The number of nitrogens with zero attached hydrogens (tertiary/aromatic N) is 1. The molecule has 0 aliphatic rings. The van der Waals surface area contributed by atoms with Crippen LogP contribution in [0.15, 0.2) is 65.1 Å². The van der Waals surface area contributed by atoms with E-state index in [4.69, 9.17) is 4.42 Å². The van der Waals surface area contributed by atoms with Gasteiger partial charge in [0.1, 0.15) is 5.58 Å². The summed E-state index contributed by atoms with van der Waals surface area (Å²) in [5.74, 6) is -0.244. The quantitative estimate of drug-likeness (QED) is 0.415. The Morgan fingerprint density at radius 3 is 2.65 bits per heavy atom. The third-order valence-electron chi connectivity index (χ3n) is 4.35. The molecule has 26 heavy (non-hydrogen) atoms. The molecule has 0 unspecified atom stereocenters. The summed E-state index contributed by atoms with van der Waals surface area (Å²) in [7, 11) is 0. The summed E-state index contributed by atoms with van der Waals surface area (Å²) in [6, 6.07) is 17.5. The third kappa shape index (κ3) is 2.57. The highest BCUT2D eigenvalue weighted by Gasteiger charge is 2.19. The van der Waals surface area contributed by atoms with Crippen LogP contribution in [0.3, 0.4) is 0 Å². The third-order valence-corrected chi connectivity index (χ3v) is 4.35. The van der Waals surface area contributed by atoms with E-state index in [9.17, 15) is 14.9 Å². The molecule has 1 N–H and O–H groups in total. The van der Waals surface area contributed by atoms with Crippen molar-refractivity contribution >= 4 is 39.0 Å². The highest BCUT2D eigenvalue weighted by Crippen LogP contribution is 2.32. The average Bonchev–Trinajstić information content (AvgIpc) is 2.99. The lowest BCUT2D eigenvalue weighted by Gasteiger charge is -2.03. The summed E-state index contributed by atoms with van der Waals surface area (Å²) in [5, 5.41) is 16.4. The summed E-state index contributed by atoms with van der Waals surface area (Å²) in [6.45, 7) is 1.82. The zero-order chi connectivity index (χ0) is 18.3. The lowest BCUT2D eigenvalue weighted by Crippen LogP contribution is -2.12. The zero-order valence-corrected chi connectivity index (χ0v) is 13.9. The number of hydrogen-bond acceptors (Lipinski definition) is 4. The van der Waals surface area contributed by atoms with Crippen LogP contribution in [0, 0.1) is 17.0 Å². The van der Waals surface area contributed by atoms with Crippen LogP contribution in [0.25, 0.3) is 21.7 Å². The van der Waals surface area contributed by atoms with Gasteiger partial charge in [-0.15, -0.1) is 0 Å². The van der Waals surface area contributed by atoms with Crippen LogP contribution in [-0.2, 0) is 0 Å². The lowest BCUT2D eigenvalue weighted by molar-refractivity contribution is -0.384. The van der Waals surface area contributed by atoms with Gasteiger partial charge in [0.05, 0.1) is 4.92 Å². The van der Waals surface area contributed by atoms with Gasteiger partial charge in [0.25, 0.3) is 11.6 Å². The minimum Gasteiger partial charge on any atom is -0.450 e. The van der Waals surface area contributed by atoms with E-state index in [0.717, 1.165) is 21.7 Å². The van der Waals surface area contributed by atoms with Crippen molar-refractivity contribution in [2.24, 2.45) is 0 Å². The Hall–Kier alpha value is -3.67. The van der Waals surface area contributed by atoms with E-state index in [-0.39, 0.29) is 11.4 Å². The van der Waals surface area contributed by atoms with Gasteiger partial charge in [0.2, 0.25) is 0 Å². The second-order valence-corrected chi connectivity index (χ2v) is 5.98. The molecule has 3 aromatic carbocycles. The fourth-order valence-corrected chi connectivity index (χ4v) is 3.05. The Bertz CT molecular complexity index is 1180. The zero-order valence-electron chi connectivity index (χ0n) is 13.9. The largest absolute Gasteiger partial charge is 0.450 e. The number of furan rings is 1. The molecule has 128 valence electrons. The van der Waals surface area contributed by atoms with Crippen molar-refractivity contribution in [3.05, 3.63) is 82.1 Å². The van der Waals surface area contributed by atoms with Crippen LogP contribution in [-0.4, -0.2) is 10.8 Å². The first-order valence-electron chi connectivity index (χ1n) is 8.01. The minimum atomic E-state index is -0.506. The number of carbonyl (C=O) groups excluding carboxylic acids is 1. The number of nitro groups is 1. The van der Waals surface area contributed by atoms with Crippen molar-refractivity contribution in [2.45, 2.75) is 6.92 Å². The summed E-state index contributed by atoms with van der Waals surface area (Å²) in [4.78, 5) is 23.0. The topological polar surface area (TPSA) is 85.4 Å². The minimum absolute atomic E-state index is 0.0879. The van der Waals surface area contributed by atoms with Gasteiger partial charge in [-0.05, 0) is 18.4 Å². The molecule has 0 radical (unpaired) electrons. The maximum atomic E-state index is 12.6. The van der Waals surface area contributed by atoms with E-state index in [1.165, 1.54) is 18.2 Å². The molecule has 0 aliphatic carbocycles. The molecule has 0 bridgehead atoms. The van der Waals surface area contributed by atoms with Crippen molar-refractivity contribution in [1.82, 2.24) is 0 Å². The number of amides is 1. The molecule has 0 aliphatic heterocycles. The van der Waals surface area contributed by atoms with E-state index in [2.05, 4.69) is 5.32 Å². The number of benzene rings is 3. The van der Waals surface area contributed by atoms with Crippen LogP contribution in [0.2, 0.25) is 0 Å². The number of fused-ring (bicyclic) bond motifs is 3. The van der Waals surface area contributed by atoms with Crippen LogP contribution >= 0.6 is 0 Å². The van der Waals surface area contributed by atoms with Crippen LogP contribution in [0.5, 0.6) is 0 Å². The summed E-state index contributed by atoms with van der Waals surface area (Å²) in [6.07, 6.45) is 0.